The number of benzene rings is 1. The van der Waals surface area contributed by atoms with Crippen LogP contribution in [0.25, 0.3) is 0 Å². The van der Waals surface area contributed by atoms with Gasteiger partial charge in [-0.3, -0.25) is 0 Å². The molecular weight excluding hydrogens is 279 g/mol. The van der Waals surface area contributed by atoms with Crippen LogP contribution >= 0.6 is 0 Å². The zero-order chi connectivity index (χ0) is 14.8. The van der Waals surface area contributed by atoms with Crippen molar-refractivity contribution in [2.45, 2.75) is 44.3 Å². The van der Waals surface area contributed by atoms with Gasteiger partial charge in [-0.2, -0.15) is 0 Å². The number of hydrogen-bond donors (Lipinski definition) is 2. The highest BCUT2D eigenvalue weighted by molar-refractivity contribution is 7.88. The molecule has 0 saturated heterocycles. The second kappa shape index (κ2) is 6.20. The van der Waals surface area contributed by atoms with Crippen LogP contribution in [0.15, 0.2) is 24.3 Å². The van der Waals surface area contributed by atoms with Gasteiger partial charge in [0.25, 0.3) is 0 Å². The van der Waals surface area contributed by atoms with E-state index in [1.165, 1.54) is 12.3 Å². The van der Waals surface area contributed by atoms with Crippen LogP contribution < -0.4 is 10.0 Å². The van der Waals surface area contributed by atoms with E-state index in [1.54, 1.807) is 12.1 Å². The predicted octanol–water partition coefficient (Wildman–Crippen LogP) is 1.43. The molecule has 2 N–H and O–H groups in total. The largest absolute Gasteiger partial charge is 0.311 e. The predicted molar refractivity (Wildman–Crippen MR) is 77.5 cm³/mol. The van der Waals surface area contributed by atoms with Crippen LogP contribution in [0.4, 0.5) is 4.39 Å². The van der Waals surface area contributed by atoms with E-state index in [1.807, 2.05) is 13.0 Å². The van der Waals surface area contributed by atoms with Gasteiger partial charge in [0, 0.05) is 18.1 Å². The smallest absolute Gasteiger partial charge is 0.208 e. The summed E-state index contributed by atoms with van der Waals surface area (Å²) in [7, 11) is -3.12. The van der Waals surface area contributed by atoms with E-state index in [9.17, 15) is 12.8 Å². The first-order chi connectivity index (χ1) is 9.33. The quantitative estimate of drug-likeness (QED) is 0.835. The Hall–Kier alpha value is -0.980. The molecule has 0 aliphatic heterocycles. The molecule has 1 saturated carbocycles. The first-order valence-electron chi connectivity index (χ1n) is 6.80. The normalized spacial score (nSPS) is 24.1. The molecule has 0 heterocycles. The molecule has 0 bridgehead atoms. The van der Waals surface area contributed by atoms with Gasteiger partial charge in [-0.05, 0) is 37.8 Å². The summed E-state index contributed by atoms with van der Waals surface area (Å²) in [5.41, 5.74) is 0.706. The van der Waals surface area contributed by atoms with E-state index >= 15 is 0 Å². The molecule has 0 radical (unpaired) electrons. The number of sulfonamides is 1. The van der Waals surface area contributed by atoms with Crippen LogP contribution in [0.1, 0.15) is 25.3 Å². The van der Waals surface area contributed by atoms with Crippen molar-refractivity contribution in [3.8, 4) is 0 Å². The molecule has 1 aliphatic carbocycles. The Morgan fingerprint density at radius 1 is 1.30 bits per heavy atom. The van der Waals surface area contributed by atoms with Gasteiger partial charge >= 0.3 is 0 Å². The lowest BCUT2D eigenvalue weighted by Gasteiger charge is -2.37. The summed E-state index contributed by atoms with van der Waals surface area (Å²) in [5, 5.41) is 3.41. The van der Waals surface area contributed by atoms with E-state index in [2.05, 4.69) is 10.0 Å². The molecule has 0 spiro atoms. The fourth-order valence-electron chi connectivity index (χ4n) is 2.61. The maximum absolute atomic E-state index is 13.5. The average Bonchev–Trinajstić information content (AvgIpc) is 2.28. The van der Waals surface area contributed by atoms with E-state index in [4.69, 9.17) is 0 Å². The highest BCUT2D eigenvalue weighted by Crippen LogP contribution is 2.21. The second-order valence-electron chi connectivity index (χ2n) is 5.62. The third kappa shape index (κ3) is 4.54. The Kier molecular flexibility index (Phi) is 4.78. The Labute approximate surface area is 119 Å². The SMILES string of the molecule is CC(Cc1ccccc1F)NC1CC(NS(C)(=O)=O)C1. The lowest BCUT2D eigenvalue weighted by Crippen LogP contribution is -2.54. The van der Waals surface area contributed by atoms with Gasteiger partial charge in [0.1, 0.15) is 5.82 Å². The van der Waals surface area contributed by atoms with E-state index < -0.39 is 10.0 Å². The fourth-order valence-corrected chi connectivity index (χ4v) is 3.41. The van der Waals surface area contributed by atoms with Crippen LogP contribution in [0.2, 0.25) is 0 Å². The number of nitrogens with one attached hydrogen (secondary N) is 2. The topological polar surface area (TPSA) is 58.2 Å². The highest BCUT2D eigenvalue weighted by Gasteiger charge is 2.31. The van der Waals surface area contributed by atoms with Crippen LogP contribution in [0, 0.1) is 5.82 Å². The summed E-state index contributed by atoms with van der Waals surface area (Å²) >= 11 is 0. The van der Waals surface area contributed by atoms with Crippen molar-refractivity contribution in [2.24, 2.45) is 0 Å². The van der Waals surface area contributed by atoms with Crippen LogP contribution in [-0.4, -0.2) is 32.8 Å². The van der Waals surface area contributed by atoms with Crippen molar-refractivity contribution >= 4 is 10.0 Å². The summed E-state index contributed by atoms with van der Waals surface area (Å²) in [6, 6.07) is 7.28. The Bertz CT molecular complexity index is 556. The Morgan fingerprint density at radius 3 is 2.55 bits per heavy atom. The number of halogens is 1. The summed E-state index contributed by atoms with van der Waals surface area (Å²) < 4.78 is 38.3. The zero-order valence-corrected chi connectivity index (χ0v) is 12.6. The molecule has 1 aliphatic rings. The monoisotopic (exact) mass is 300 g/mol. The molecular formula is C14H21FN2O2S. The number of hydrogen-bond acceptors (Lipinski definition) is 3. The van der Waals surface area contributed by atoms with Crippen LogP contribution in [0.5, 0.6) is 0 Å². The Balaban J connectivity index is 1.75. The maximum Gasteiger partial charge on any atom is 0.208 e. The summed E-state index contributed by atoms with van der Waals surface area (Å²) in [4.78, 5) is 0. The molecule has 1 aromatic rings. The minimum Gasteiger partial charge on any atom is -0.311 e. The standard InChI is InChI=1S/C14H21FN2O2S/c1-10(7-11-5-3-4-6-14(11)15)16-12-8-13(9-12)17-20(2,18)19/h3-6,10,12-13,16-17H,7-9H2,1-2H3. The summed E-state index contributed by atoms with van der Waals surface area (Å²) in [5.74, 6) is -0.175. The van der Waals surface area contributed by atoms with Crippen molar-refractivity contribution in [1.82, 2.24) is 10.0 Å². The van der Waals surface area contributed by atoms with Crippen LogP contribution in [-0.2, 0) is 16.4 Å². The molecule has 1 aromatic carbocycles. The van der Waals surface area contributed by atoms with Gasteiger partial charge in [-0.1, -0.05) is 18.2 Å². The molecule has 0 aromatic heterocycles. The minimum absolute atomic E-state index is 0.0307. The third-order valence-electron chi connectivity index (χ3n) is 3.52. The molecule has 6 heteroatoms. The van der Waals surface area contributed by atoms with Gasteiger partial charge in [-0.15, -0.1) is 0 Å². The van der Waals surface area contributed by atoms with Gasteiger partial charge in [-0.25, -0.2) is 17.5 Å². The molecule has 4 nitrogen and oxygen atoms in total. The lowest BCUT2D eigenvalue weighted by atomic mass is 9.87. The average molecular weight is 300 g/mol. The van der Waals surface area contributed by atoms with Crippen molar-refractivity contribution in [2.75, 3.05) is 6.26 Å². The molecule has 0 amide bonds. The lowest BCUT2D eigenvalue weighted by molar-refractivity contribution is 0.255. The van der Waals surface area contributed by atoms with E-state index in [0.717, 1.165) is 12.8 Å². The van der Waals surface area contributed by atoms with Gasteiger partial charge < -0.3 is 5.32 Å². The van der Waals surface area contributed by atoms with Crippen molar-refractivity contribution in [3.63, 3.8) is 0 Å². The van der Waals surface area contributed by atoms with Gasteiger partial charge in [0.2, 0.25) is 10.0 Å². The molecule has 20 heavy (non-hydrogen) atoms. The van der Waals surface area contributed by atoms with Crippen molar-refractivity contribution in [3.05, 3.63) is 35.6 Å². The zero-order valence-electron chi connectivity index (χ0n) is 11.8. The summed E-state index contributed by atoms with van der Waals surface area (Å²) in [6.07, 6.45) is 3.38. The van der Waals surface area contributed by atoms with Crippen LogP contribution in [0.3, 0.4) is 0 Å². The molecule has 1 unspecified atom stereocenters. The van der Waals surface area contributed by atoms with Gasteiger partial charge in [0.05, 0.1) is 6.26 Å². The number of rotatable bonds is 6. The first-order valence-corrected chi connectivity index (χ1v) is 8.69. The van der Waals surface area contributed by atoms with Crippen molar-refractivity contribution in [1.29, 1.82) is 0 Å². The fraction of sp³-hybridized carbons (Fsp3) is 0.571. The second-order valence-corrected chi connectivity index (χ2v) is 7.40. The maximum atomic E-state index is 13.5. The van der Waals surface area contributed by atoms with Crippen molar-refractivity contribution < 1.29 is 12.8 Å². The molecule has 1 fully saturated rings. The van der Waals surface area contributed by atoms with E-state index in [0.29, 0.717) is 18.0 Å². The van der Waals surface area contributed by atoms with E-state index in [-0.39, 0.29) is 17.9 Å². The highest BCUT2D eigenvalue weighted by atomic mass is 32.2. The molecule has 2 rings (SSSR count). The van der Waals surface area contributed by atoms with Gasteiger partial charge in [0.15, 0.2) is 0 Å². The minimum atomic E-state index is -3.12. The molecule has 1 atom stereocenters. The molecule has 112 valence electrons. The Morgan fingerprint density at radius 2 is 1.95 bits per heavy atom. The first kappa shape index (κ1) is 15.4. The summed E-state index contributed by atoms with van der Waals surface area (Å²) in [6.45, 7) is 2.02. The third-order valence-corrected chi connectivity index (χ3v) is 4.28.